The van der Waals surface area contributed by atoms with Crippen molar-refractivity contribution in [3.63, 3.8) is 0 Å². The van der Waals surface area contributed by atoms with E-state index in [0.29, 0.717) is 12.8 Å². The first-order valence-electron chi connectivity index (χ1n) is 5.84. The maximum atomic E-state index is 11.4. The lowest BCUT2D eigenvalue weighted by Crippen LogP contribution is -2.28. The summed E-state index contributed by atoms with van der Waals surface area (Å²) in [5.74, 6) is -0.524. The Bertz CT molecular complexity index is 577. The van der Waals surface area contributed by atoms with Crippen molar-refractivity contribution in [1.82, 2.24) is 15.3 Å². The Balaban J connectivity index is 1.93. The number of fused-ring (bicyclic) bond motifs is 1. The van der Waals surface area contributed by atoms with E-state index < -0.39 is 0 Å². The number of aromatic nitrogens is 2. The molecule has 1 heterocycles. The van der Waals surface area contributed by atoms with Crippen LogP contribution >= 0.6 is 0 Å². The molecular weight excluding hydrogens is 230 g/mol. The molecule has 3 rings (SSSR count). The van der Waals surface area contributed by atoms with Gasteiger partial charge in [0.15, 0.2) is 0 Å². The van der Waals surface area contributed by atoms with Crippen LogP contribution in [-0.2, 0) is 17.6 Å². The molecule has 1 amide bonds. The van der Waals surface area contributed by atoms with Gasteiger partial charge in [0.1, 0.15) is 0 Å². The normalized spacial score (nSPS) is 17.5. The van der Waals surface area contributed by atoms with Crippen LogP contribution in [0, 0.1) is 5.92 Å². The smallest absolute Gasteiger partial charge is 0.247 e. The van der Waals surface area contributed by atoms with Crippen molar-refractivity contribution in [3.8, 4) is 5.69 Å². The molecule has 0 bridgehead atoms. The minimum atomic E-state index is -0.328. The third-order valence-electron chi connectivity index (χ3n) is 3.34. The summed E-state index contributed by atoms with van der Waals surface area (Å²) < 4.78 is 1.86. The molecule has 18 heavy (non-hydrogen) atoms. The molecular formula is C13H13N3O2. The summed E-state index contributed by atoms with van der Waals surface area (Å²) in [7, 11) is 0. The molecule has 0 saturated heterocycles. The molecule has 1 aliphatic rings. The predicted octanol–water partition coefficient (Wildman–Crippen LogP) is 1.09. The summed E-state index contributed by atoms with van der Waals surface area (Å²) >= 11 is 0. The van der Waals surface area contributed by atoms with Crippen LogP contribution in [0.25, 0.3) is 5.69 Å². The van der Waals surface area contributed by atoms with Crippen LogP contribution in [-0.4, -0.2) is 20.9 Å². The molecule has 0 radical (unpaired) electrons. The van der Waals surface area contributed by atoms with E-state index in [1.54, 1.807) is 11.7 Å². The number of hydroxylamine groups is 1. The monoisotopic (exact) mass is 243 g/mol. The largest absolute Gasteiger partial charge is 0.289 e. The molecule has 92 valence electrons. The van der Waals surface area contributed by atoms with E-state index in [1.807, 2.05) is 35.0 Å². The van der Waals surface area contributed by atoms with Crippen LogP contribution in [0.4, 0.5) is 0 Å². The summed E-state index contributed by atoms with van der Waals surface area (Å²) in [6, 6.07) is 9.82. The topological polar surface area (TPSA) is 67.2 Å². The zero-order valence-corrected chi connectivity index (χ0v) is 9.71. The fraction of sp³-hybridized carbons (Fsp3) is 0.231. The Kier molecular flexibility index (Phi) is 2.60. The molecule has 0 saturated carbocycles. The van der Waals surface area contributed by atoms with E-state index in [4.69, 9.17) is 5.21 Å². The van der Waals surface area contributed by atoms with Crippen molar-refractivity contribution < 1.29 is 10.0 Å². The molecule has 1 unspecified atom stereocenters. The van der Waals surface area contributed by atoms with Crippen molar-refractivity contribution in [1.29, 1.82) is 0 Å². The van der Waals surface area contributed by atoms with E-state index in [2.05, 4.69) is 5.10 Å². The first kappa shape index (κ1) is 11.0. The second-order valence-corrected chi connectivity index (χ2v) is 4.45. The van der Waals surface area contributed by atoms with Crippen molar-refractivity contribution in [2.24, 2.45) is 5.92 Å². The fourth-order valence-corrected chi connectivity index (χ4v) is 2.44. The van der Waals surface area contributed by atoms with Gasteiger partial charge in [0.2, 0.25) is 5.91 Å². The minimum absolute atomic E-state index is 0.196. The van der Waals surface area contributed by atoms with Crippen molar-refractivity contribution >= 4 is 5.91 Å². The van der Waals surface area contributed by atoms with Crippen LogP contribution in [0.2, 0.25) is 0 Å². The van der Waals surface area contributed by atoms with Crippen molar-refractivity contribution in [3.05, 3.63) is 47.8 Å². The summed E-state index contributed by atoms with van der Waals surface area (Å²) in [6.07, 6.45) is 3.04. The summed E-state index contributed by atoms with van der Waals surface area (Å²) in [4.78, 5) is 11.4. The molecule has 1 aromatic carbocycles. The quantitative estimate of drug-likeness (QED) is 0.613. The highest BCUT2D eigenvalue weighted by Gasteiger charge is 2.30. The molecule has 2 aromatic rings. The van der Waals surface area contributed by atoms with Crippen LogP contribution in [0.5, 0.6) is 0 Å². The van der Waals surface area contributed by atoms with E-state index in [-0.39, 0.29) is 11.8 Å². The van der Waals surface area contributed by atoms with Gasteiger partial charge >= 0.3 is 0 Å². The third kappa shape index (κ3) is 1.69. The Morgan fingerprint density at radius 3 is 2.83 bits per heavy atom. The Morgan fingerprint density at radius 2 is 2.11 bits per heavy atom. The number of nitrogens with one attached hydrogen (secondary N) is 1. The number of para-hydroxylation sites is 1. The van der Waals surface area contributed by atoms with Crippen LogP contribution < -0.4 is 5.48 Å². The Hall–Kier alpha value is -2.14. The van der Waals surface area contributed by atoms with E-state index in [1.165, 1.54) is 0 Å². The molecule has 2 N–H and O–H groups in total. The summed E-state index contributed by atoms with van der Waals surface area (Å²) in [5.41, 5.74) is 4.84. The SMILES string of the molecule is O=C(NO)C1Cc2cnn(-c3ccccc3)c2C1. The average molecular weight is 243 g/mol. The van der Waals surface area contributed by atoms with Crippen LogP contribution in [0.1, 0.15) is 11.3 Å². The lowest BCUT2D eigenvalue weighted by atomic mass is 10.1. The van der Waals surface area contributed by atoms with Gasteiger partial charge in [0.25, 0.3) is 0 Å². The average Bonchev–Trinajstić information content (AvgIpc) is 2.98. The van der Waals surface area contributed by atoms with Gasteiger partial charge in [-0.25, -0.2) is 10.2 Å². The van der Waals surface area contributed by atoms with E-state index >= 15 is 0 Å². The van der Waals surface area contributed by atoms with Gasteiger partial charge in [-0.15, -0.1) is 0 Å². The molecule has 0 fully saturated rings. The van der Waals surface area contributed by atoms with Gasteiger partial charge in [-0.2, -0.15) is 5.10 Å². The van der Waals surface area contributed by atoms with Crippen molar-refractivity contribution in [2.75, 3.05) is 0 Å². The predicted molar refractivity (Wildman–Crippen MR) is 64.4 cm³/mol. The van der Waals surface area contributed by atoms with E-state index in [9.17, 15) is 4.79 Å². The molecule has 5 heteroatoms. The number of nitrogens with zero attached hydrogens (tertiary/aromatic N) is 2. The zero-order valence-electron chi connectivity index (χ0n) is 9.71. The molecule has 5 nitrogen and oxygen atoms in total. The van der Waals surface area contributed by atoms with Gasteiger partial charge in [-0.3, -0.25) is 10.0 Å². The summed E-state index contributed by atoms with van der Waals surface area (Å²) in [5, 5.41) is 13.0. The van der Waals surface area contributed by atoms with Gasteiger partial charge in [-0.05, 0) is 24.1 Å². The summed E-state index contributed by atoms with van der Waals surface area (Å²) in [6.45, 7) is 0. The van der Waals surface area contributed by atoms with Gasteiger partial charge < -0.3 is 0 Å². The number of hydrogen-bond donors (Lipinski definition) is 2. The van der Waals surface area contributed by atoms with Crippen LogP contribution in [0.15, 0.2) is 36.5 Å². The second kappa shape index (κ2) is 4.27. The number of carbonyl (C=O) groups is 1. The fourth-order valence-electron chi connectivity index (χ4n) is 2.44. The highest BCUT2D eigenvalue weighted by Crippen LogP contribution is 2.28. The molecule has 0 aliphatic heterocycles. The number of benzene rings is 1. The second-order valence-electron chi connectivity index (χ2n) is 4.45. The lowest BCUT2D eigenvalue weighted by Gasteiger charge is -2.08. The van der Waals surface area contributed by atoms with Gasteiger partial charge in [0.05, 0.1) is 11.9 Å². The molecule has 0 spiro atoms. The number of rotatable bonds is 2. The lowest BCUT2D eigenvalue weighted by molar-refractivity contribution is -0.133. The maximum Gasteiger partial charge on any atom is 0.247 e. The van der Waals surface area contributed by atoms with Gasteiger partial charge in [-0.1, -0.05) is 18.2 Å². The minimum Gasteiger partial charge on any atom is -0.289 e. The maximum absolute atomic E-state index is 11.4. The highest BCUT2D eigenvalue weighted by atomic mass is 16.5. The van der Waals surface area contributed by atoms with Crippen LogP contribution in [0.3, 0.4) is 0 Å². The number of hydrogen-bond acceptors (Lipinski definition) is 3. The third-order valence-corrected chi connectivity index (χ3v) is 3.34. The standard InChI is InChI=1S/C13H13N3O2/c17-13(15-18)9-6-10-8-14-16(12(10)7-9)11-4-2-1-3-5-11/h1-5,8-9,18H,6-7H2,(H,15,17). The highest BCUT2D eigenvalue weighted by molar-refractivity contribution is 5.79. The Morgan fingerprint density at radius 1 is 1.33 bits per heavy atom. The van der Waals surface area contributed by atoms with Crippen molar-refractivity contribution in [2.45, 2.75) is 12.8 Å². The van der Waals surface area contributed by atoms with Gasteiger partial charge in [0, 0.05) is 18.0 Å². The Labute approximate surface area is 104 Å². The molecule has 1 atom stereocenters. The zero-order chi connectivity index (χ0) is 12.5. The first-order chi connectivity index (χ1) is 8.79. The molecule has 1 aliphatic carbocycles. The number of carbonyl (C=O) groups excluding carboxylic acids is 1. The van der Waals surface area contributed by atoms with E-state index in [0.717, 1.165) is 16.9 Å². The molecule has 1 aromatic heterocycles. The first-order valence-corrected chi connectivity index (χ1v) is 5.84. The number of amides is 1.